The molecule has 3 aliphatic rings. The average Bonchev–Trinajstić information content (AvgIpc) is 3.59. The molecule has 4 heterocycles. The molecule has 3 aromatic rings. The van der Waals surface area contributed by atoms with Crippen LogP contribution in [0.2, 0.25) is 0 Å². The second kappa shape index (κ2) is 8.37. The molecule has 3 amide bonds. The number of nitrogens with one attached hydrogen (secondary N) is 1. The van der Waals surface area contributed by atoms with Crippen LogP contribution in [0.25, 0.3) is 22.5 Å². The number of aryl methyl sites for hydroxylation is 1. The first-order valence-corrected chi connectivity index (χ1v) is 12.1. The second-order valence-electron chi connectivity index (χ2n) is 9.57. The van der Waals surface area contributed by atoms with Crippen molar-refractivity contribution in [1.82, 2.24) is 19.8 Å². The van der Waals surface area contributed by atoms with Crippen LogP contribution < -0.4 is 10.2 Å². The number of rotatable bonds is 4. The van der Waals surface area contributed by atoms with E-state index in [1.807, 2.05) is 36.1 Å². The minimum Gasteiger partial charge on any atom is -0.372 e. The molecule has 6 rings (SSSR count). The quantitative estimate of drug-likeness (QED) is 0.594. The summed E-state index contributed by atoms with van der Waals surface area (Å²) in [5.74, 6) is -0.847. The van der Waals surface area contributed by atoms with Crippen LogP contribution in [-0.4, -0.2) is 51.3 Å². The lowest BCUT2D eigenvalue weighted by molar-refractivity contribution is -0.136. The van der Waals surface area contributed by atoms with Gasteiger partial charge in [-0.3, -0.25) is 19.7 Å². The van der Waals surface area contributed by atoms with Crippen LogP contribution in [-0.2, 0) is 23.2 Å². The highest BCUT2D eigenvalue weighted by Gasteiger charge is 2.39. The zero-order valence-electron chi connectivity index (χ0n) is 19.7. The molecule has 0 spiro atoms. The number of fused-ring (bicyclic) bond motifs is 1. The van der Waals surface area contributed by atoms with E-state index in [0.717, 1.165) is 41.2 Å². The fraction of sp³-hybridized carbons (Fsp3) is 0.333. The summed E-state index contributed by atoms with van der Waals surface area (Å²) >= 11 is 0. The zero-order valence-corrected chi connectivity index (χ0v) is 19.7. The highest BCUT2D eigenvalue weighted by atomic mass is 16.2. The van der Waals surface area contributed by atoms with E-state index in [1.165, 1.54) is 18.5 Å². The van der Waals surface area contributed by atoms with E-state index in [9.17, 15) is 14.4 Å². The number of carbonyl (C=O) groups is 3. The molecule has 8 nitrogen and oxygen atoms in total. The molecule has 2 saturated heterocycles. The fourth-order valence-electron chi connectivity index (χ4n) is 5.51. The molecule has 1 unspecified atom stereocenters. The number of imide groups is 1. The van der Waals surface area contributed by atoms with Gasteiger partial charge in [0.15, 0.2) is 0 Å². The van der Waals surface area contributed by atoms with Gasteiger partial charge in [0.05, 0.1) is 17.7 Å². The molecule has 8 heteroatoms. The Labute approximate surface area is 203 Å². The maximum atomic E-state index is 13.0. The number of hydrogen-bond donors (Lipinski definition) is 1. The van der Waals surface area contributed by atoms with Crippen molar-refractivity contribution in [2.24, 2.45) is 7.05 Å². The Morgan fingerprint density at radius 3 is 2.46 bits per heavy atom. The summed E-state index contributed by atoms with van der Waals surface area (Å²) < 4.78 is 2.02. The lowest BCUT2D eigenvalue weighted by atomic mass is 10.0. The van der Waals surface area contributed by atoms with Crippen molar-refractivity contribution in [1.29, 1.82) is 0 Å². The third-order valence-electron chi connectivity index (χ3n) is 7.35. The van der Waals surface area contributed by atoms with E-state index in [4.69, 9.17) is 0 Å². The van der Waals surface area contributed by atoms with Crippen LogP contribution in [0.1, 0.15) is 41.6 Å². The van der Waals surface area contributed by atoms with Crippen LogP contribution in [0.15, 0.2) is 48.8 Å². The average molecular weight is 470 g/mol. The van der Waals surface area contributed by atoms with Crippen molar-refractivity contribution in [2.75, 3.05) is 18.0 Å². The molecular weight excluding hydrogens is 442 g/mol. The van der Waals surface area contributed by atoms with Gasteiger partial charge in [-0.1, -0.05) is 18.2 Å². The molecular formula is C27H27N5O3. The van der Waals surface area contributed by atoms with Crippen molar-refractivity contribution in [2.45, 2.75) is 38.3 Å². The molecule has 35 heavy (non-hydrogen) atoms. The number of amides is 3. The normalized spacial score (nSPS) is 19.9. The van der Waals surface area contributed by atoms with Gasteiger partial charge in [-0.25, -0.2) is 4.98 Å². The number of nitrogens with zero attached hydrogens (tertiary/aromatic N) is 4. The van der Waals surface area contributed by atoms with Crippen molar-refractivity contribution in [3.8, 4) is 22.5 Å². The largest absolute Gasteiger partial charge is 0.372 e. The summed E-state index contributed by atoms with van der Waals surface area (Å²) in [5.41, 5.74) is 6.62. The molecule has 178 valence electrons. The Kier molecular flexibility index (Phi) is 5.16. The number of hydrogen-bond acceptors (Lipinski definition) is 5. The van der Waals surface area contributed by atoms with Crippen molar-refractivity contribution in [3.05, 3.63) is 59.9 Å². The first-order valence-electron chi connectivity index (χ1n) is 12.1. The molecule has 1 atom stereocenters. The molecule has 0 saturated carbocycles. The molecule has 3 aliphatic heterocycles. The van der Waals surface area contributed by atoms with Gasteiger partial charge in [0.1, 0.15) is 6.04 Å². The van der Waals surface area contributed by atoms with Gasteiger partial charge in [0.2, 0.25) is 11.8 Å². The smallest absolute Gasteiger partial charge is 0.255 e. The number of imidazole rings is 1. The van der Waals surface area contributed by atoms with Gasteiger partial charge in [0, 0.05) is 55.5 Å². The first kappa shape index (κ1) is 21.6. The molecule has 1 N–H and O–H groups in total. The number of benzene rings is 2. The predicted octanol–water partition coefficient (Wildman–Crippen LogP) is 3.12. The van der Waals surface area contributed by atoms with E-state index >= 15 is 0 Å². The monoisotopic (exact) mass is 469 g/mol. The van der Waals surface area contributed by atoms with Crippen molar-refractivity contribution < 1.29 is 14.4 Å². The number of anilines is 1. The minimum absolute atomic E-state index is 0.167. The lowest BCUT2D eigenvalue weighted by Crippen LogP contribution is -2.52. The van der Waals surface area contributed by atoms with E-state index in [1.54, 1.807) is 4.90 Å². The molecule has 0 radical (unpaired) electrons. The summed E-state index contributed by atoms with van der Waals surface area (Å²) in [6, 6.07) is 13.8. The highest BCUT2D eigenvalue weighted by Crippen LogP contribution is 2.35. The first-order chi connectivity index (χ1) is 17.0. The highest BCUT2D eigenvalue weighted by molar-refractivity contribution is 6.05. The predicted molar refractivity (Wildman–Crippen MR) is 132 cm³/mol. The fourth-order valence-corrected chi connectivity index (χ4v) is 5.51. The summed E-state index contributed by atoms with van der Waals surface area (Å²) in [6.07, 6.45) is 4.91. The Morgan fingerprint density at radius 1 is 0.971 bits per heavy atom. The summed E-state index contributed by atoms with van der Waals surface area (Å²) in [6.45, 7) is 2.57. The number of aromatic nitrogens is 2. The maximum Gasteiger partial charge on any atom is 0.255 e. The Hall–Kier alpha value is -3.94. The van der Waals surface area contributed by atoms with Crippen LogP contribution >= 0.6 is 0 Å². The van der Waals surface area contributed by atoms with Gasteiger partial charge in [0.25, 0.3) is 5.91 Å². The molecule has 2 fully saturated rings. The van der Waals surface area contributed by atoms with E-state index in [-0.39, 0.29) is 18.2 Å². The van der Waals surface area contributed by atoms with E-state index in [0.29, 0.717) is 18.5 Å². The Bertz CT molecular complexity index is 1340. The number of piperidine rings is 1. The van der Waals surface area contributed by atoms with Crippen LogP contribution in [0, 0.1) is 0 Å². The molecule has 1 aromatic heterocycles. The van der Waals surface area contributed by atoms with Crippen LogP contribution in [0.3, 0.4) is 0 Å². The molecule has 2 aromatic carbocycles. The lowest BCUT2D eigenvalue weighted by Gasteiger charge is -2.29. The summed E-state index contributed by atoms with van der Waals surface area (Å²) in [5, 5.41) is 2.35. The van der Waals surface area contributed by atoms with Crippen LogP contribution in [0.5, 0.6) is 0 Å². The van der Waals surface area contributed by atoms with Gasteiger partial charge in [-0.05, 0) is 49.1 Å². The van der Waals surface area contributed by atoms with Crippen molar-refractivity contribution in [3.63, 3.8) is 0 Å². The third kappa shape index (κ3) is 3.69. The molecule has 0 bridgehead atoms. The van der Waals surface area contributed by atoms with Gasteiger partial charge >= 0.3 is 0 Å². The van der Waals surface area contributed by atoms with Crippen LogP contribution in [0.4, 0.5) is 5.69 Å². The SMILES string of the molecule is Cn1cnc(-c2ccc3c(c2)CN(C2CCC(=O)NC2=O)C3=O)c1-c1ccc(N2CCCC2)cc1. The standard InChI is InChI=1S/C27H27N5O3/c1-30-16-28-24(25(30)17-4-7-20(8-5-17)31-12-2-3-13-31)18-6-9-21-19(14-18)15-32(27(21)35)22-10-11-23(33)29-26(22)34/h4-9,14,16,22H,2-3,10-13,15H2,1H3,(H,29,33,34). The topological polar surface area (TPSA) is 87.5 Å². The summed E-state index contributed by atoms with van der Waals surface area (Å²) in [4.78, 5) is 45.6. The third-order valence-corrected chi connectivity index (χ3v) is 7.35. The van der Waals surface area contributed by atoms with Gasteiger partial charge in [-0.15, -0.1) is 0 Å². The van der Waals surface area contributed by atoms with Crippen molar-refractivity contribution >= 4 is 23.4 Å². The Balaban J connectivity index is 1.29. The minimum atomic E-state index is -0.615. The zero-order chi connectivity index (χ0) is 24.1. The van der Waals surface area contributed by atoms with Gasteiger partial charge < -0.3 is 14.4 Å². The Morgan fingerprint density at radius 2 is 1.71 bits per heavy atom. The summed E-state index contributed by atoms with van der Waals surface area (Å²) in [7, 11) is 1.99. The number of carbonyl (C=O) groups excluding carboxylic acids is 3. The van der Waals surface area contributed by atoms with Gasteiger partial charge in [-0.2, -0.15) is 0 Å². The maximum absolute atomic E-state index is 13.0. The van der Waals surface area contributed by atoms with E-state index < -0.39 is 11.9 Å². The second-order valence-corrected chi connectivity index (χ2v) is 9.57. The molecule has 0 aliphatic carbocycles. The van der Waals surface area contributed by atoms with E-state index in [2.05, 4.69) is 39.5 Å².